The van der Waals surface area contributed by atoms with E-state index in [4.69, 9.17) is 9.26 Å². The molecule has 0 spiro atoms. The highest BCUT2D eigenvalue weighted by Gasteiger charge is 2.47. The van der Waals surface area contributed by atoms with E-state index in [1.807, 2.05) is 48.5 Å². The minimum atomic E-state index is -0.637. The highest BCUT2D eigenvalue weighted by Crippen LogP contribution is 2.36. The number of pyridine rings is 1. The molecule has 0 saturated carbocycles. The van der Waals surface area contributed by atoms with Crippen LogP contribution in [0.5, 0.6) is 0 Å². The van der Waals surface area contributed by atoms with Crippen LogP contribution in [0.15, 0.2) is 65.4 Å². The van der Waals surface area contributed by atoms with Crippen LogP contribution in [0.1, 0.15) is 17.7 Å². The Kier molecular flexibility index (Phi) is 4.73. The van der Waals surface area contributed by atoms with Crippen LogP contribution in [0.25, 0.3) is 11.3 Å². The summed E-state index contributed by atoms with van der Waals surface area (Å²) in [7, 11) is 1.45. The zero-order valence-corrected chi connectivity index (χ0v) is 15.2. The first-order valence-corrected chi connectivity index (χ1v) is 8.93. The van der Waals surface area contributed by atoms with Gasteiger partial charge in [0.25, 0.3) is 0 Å². The van der Waals surface area contributed by atoms with E-state index in [9.17, 15) is 4.79 Å². The number of ether oxygens (including phenoxy) is 1. The van der Waals surface area contributed by atoms with Gasteiger partial charge in [-0.1, -0.05) is 35.5 Å². The zero-order valence-electron chi connectivity index (χ0n) is 15.2. The highest BCUT2D eigenvalue weighted by atomic mass is 16.5. The van der Waals surface area contributed by atoms with E-state index in [0.717, 1.165) is 29.1 Å². The Morgan fingerprint density at radius 1 is 1.26 bits per heavy atom. The van der Waals surface area contributed by atoms with Crippen LogP contribution in [0.2, 0.25) is 0 Å². The number of likely N-dealkylation sites (tertiary alicyclic amines) is 1. The number of nitrogens with zero attached hydrogens (tertiary/aromatic N) is 3. The number of aromatic nitrogens is 2. The topological polar surface area (TPSA) is 68.5 Å². The van der Waals surface area contributed by atoms with Crippen molar-refractivity contribution < 1.29 is 14.1 Å². The molecule has 2 aromatic heterocycles. The maximum absolute atomic E-state index is 12.6. The molecule has 6 nitrogen and oxygen atoms in total. The van der Waals surface area contributed by atoms with E-state index in [2.05, 4.69) is 15.0 Å². The normalized spacial score (nSPS) is 19.9. The summed E-state index contributed by atoms with van der Waals surface area (Å²) in [5, 5.41) is 4.14. The highest BCUT2D eigenvalue weighted by molar-refractivity contribution is 5.84. The van der Waals surface area contributed by atoms with E-state index in [1.165, 1.54) is 7.11 Å². The second-order valence-electron chi connectivity index (χ2n) is 6.82. The summed E-state index contributed by atoms with van der Waals surface area (Å²) in [6.07, 6.45) is 4.20. The van der Waals surface area contributed by atoms with Crippen LogP contribution in [-0.2, 0) is 21.5 Å². The summed E-state index contributed by atoms with van der Waals surface area (Å²) in [4.78, 5) is 18.9. The SMILES string of the molecule is COC(=O)C1(c2ccccc2)CCN(Cc2cc(-c3cccnc3)no2)C1. The summed E-state index contributed by atoms with van der Waals surface area (Å²) in [5.41, 5.74) is 2.04. The first kappa shape index (κ1) is 17.4. The van der Waals surface area contributed by atoms with Crippen molar-refractivity contribution in [2.75, 3.05) is 20.2 Å². The molecule has 27 heavy (non-hydrogen) atoms. The summed E-state index contributed by atoms with van der Waals surface area (Å²) < 4.78 is 10.7. The van der Waals surface area contributed by atoms with Crippen LogP contribution in [0.3, 0.4) is 0 Å². The fraction of sp³-hybridized carbons (Fsp3) is 0.286. The molecule has 0 amide bonds. The van der Waals surface area contributed by atoms with Crippen molar-refractivity contribution in [1.82, 2.24) is 15.0 Å². The van der Waals surface area contributed by atoms with Crippen molar-refractivity contribution in [3.63, 3.8) is 0 Å². The molecule has 3 heterocycles. The Hall–Kier alpha value is -2.99. The molecule has 6 heteroatoms. The average molecular weight is 363 g/mol. The van der Waals surface area contributed by atoms with Gasteiger partial charge in [-0.15, -0.1) is 0 Å². The molecular formula is C21H21N3O3. The Morgan fingerprint density at radius 2 is 2.11 bits per heavy atom. The minimum absolute atomic E-state index is 0.190. The fourth-order valence-electron chi connectivity index (χ4n) is 3.75. The van der Waals surface area contributed by atoms with Crippen LogP contribution < -0.4 is 0 Å². The number of benzene rings is 1. The number of hydrogen-bond acceptors (Lipinski definition) is 6. The Labute approximate surface area is 157 Å². The van der Waals surface area contributed by atoms with Crippen molar-refractivity contribution >= 4 is 5.97 Å². The number of esters is 1. The van der Waals surface area contributed by atoms with Gasteiger partial charge >= 0.3 is 5.97 Å². The van der Waals surface area contributed by atoms with Crippen molar-refractivity contribution in [1.29, 1.82) is 0 Å². The van der Waals surface area contributed by atoms with Crippen molar-refractivity contribution in [2.45, 2.75) is 18.4 Å². The molecule has 0 aliphatic carbocycles. The van der Waals surface area contributed by atoms with E-state index in [0.29, 0.717) is 19.5 Å². The molecule has 1 aromatic carbocycles. The van der Waals surface area contributed by atoms with Crippen molar-refractivity contribution in [3.05, 3.63) is 72.2 Å². The molecule has 1 unspecified atom stereocenters. The number of methoxy groups -OCH3 is 1. The van der Waals surface area contributed by atoms with Gasteiger partial charge in [-0.2, -0.15) is 0 Å². The number of carbonyl (C=O) groups is 1. The minimum Gasteiger partial charge on any atom is -0.468 e. The summed E-state index contributed by atoms with van der Waals surface area (Å²) >= 11 is 0. The van der Waals surface area contributed by atoms with E-state index >= 15 is 0 Å². The third-order valence-corrected chi connectivity index (χ3v) is 5.15. The quantitative estimate of drug-likeness (QED) is 0.649. The smallest absolute Gasteiger partial charge is 0.317 e. The Balaban J connectivity index is 1.52. The molecule has 1 aliphatic heterocycles. The number of rotatable bonds is 5. The van der Waals surface area contributed by atoms with Gasteiger partial charge in [-0.25, -0.2) is 0 Å². The second kappa shape index (κ2) is 7.32. The lowest BCUT2D eigenvalue weighted by molar-refractivity contribution is -0.147. The third kappa shape index (κ3) is 3.36. The van der Waals surface area contributed by atoms with E-state index in [1.54, 1.807) is 12.4 Å². The third-order valence-electron chi connectivity index (χ3n) is 5.15. The second-order valence-corrected chi connectivity index (χ2v) is 6.82. The maximum atomic E-state index is 12.6. The standard InChI is InChI=1S/C21H21N3O3/c1-26-20(25)21(17-7-3-2-4-8-17)9-11-24(15-21)14-18-12-19(23-27-18)16-6-5-10-22-13-16/h2-8,10,12-13H,9,11,14-15H2,1H3. The predicted molar refractivity (Wildman–Crippen MR) is 99.8 cm³/mol. The molecule has 3 aromatic rings. The molecular weight excluding hydrogens is 342 g/mol. The van der Waals surface area contributed by atoms with Crippen molar-refractivity contribution in [2.24, 2.45) is 0 Å². The van der Waals surface area contributed by atoms with Crippen LogP contribution >= 0.6 is 0 Å². The van der Waals surface area contributed by atoms with Gasteiger partial charge in [0.1, 0.15) is 11.1 Å². The monoisotopic (exact) mass is 363 g/mol. The predicted octanol–water partition coefficient (Wildman–Crippen LogP) is 3.05. The molecule has 0 N–H and O–H groups in total. The first-order chi connectivity index (χ1) is 13.2. The van der Waals surface area contributed by atoms with Crippen LogP contribution in [-0.4, -0.2) is 41.2 Å². The lowest BCUT2D eigenvalue weighted by Gasteiger charge is -2.27. The van der Waals surface area contributed by atoms with Crippen LogP contribution in [0.4, 0.5) is 0 Å². The number of hydrogen-bond donors (Lipinski definition) is 0. The van der Waals surface area contributed by atoms with Gasteiger partial charge < -0.3 is 9.26 Å². The van der Waals surface area contributed by atoms with Gasteiger partial charge in [-0.3, -0.25) is 14.7 Å². The van der Waals surface area contributed by atoms with Gasteiger partial charge in [0.05, 0.1) is 13.7 Å². The van der Waals surface area contributed by atoms with Crippen molar-refractivity contribution in [3.8, 4) is 11.3 Å². The molecule has 4 rings (SSSR count). The Bertz CT molecular complexity index is 911. The number of carbonyl (C=O) groups excluding carboxylic acids is 1. The maximum Gasteiger partial charge on any atom is 0.317 e. The fourth-order valence-corrected chi connectivity index (χ4v) is 3.75. The molecule has 1 atom stereocenters. The largest absolute Gasteiger partial charge is 0.468 e. The molecule has 0 radical (unpaired) electrons. The molecule has 138 valence electrons. The first-order valence-electron chi connectivity index (χ1n) is 8.93. The summed E-state index contributed by atoms with van der Waals surface area (Å²) in [5.74, 6) is 0.576. The molecule has 1 aliphatic rings. The lowest BCUT2D eigenvalue weighted by Crippen LogP contribution is -2.39. The van der Waals surface area contributed by atoms with E-state index < -0.39 is 5.41 Å². The Morgan fingerprint density at radius 3 is 2.85 bits per heavy atom. The lowest BCUT2D eigenvalue weighted by atomic mass is 9.79. The van der Waals surface area contributed by atoms with Gasteiger partial charge in [-0.05, 0) is 24.1 Å². The van der Waals surface area contributed by atoms with Crippen LogP contribution in [0, 0.1) is 0 Å². The average Bonchev–Trinajstić information content (AvgIpc) is 3.37. The van der Waals surface area contributed by atoms with Gasteiger partial charge in [0.2, 0.25) is 0 Å². The van der Waals surface area contributed by atoms with Gasteiger partial charge in [0.15, 0.2) is 5.76 Å². The molecule has 1 saturated heterocycles. The van der Waals surface area contributed by atoms with Gasteiger partial charge in [0, 0.05) is 37.1 Å². The summed E-state index contributed by atoms with van der Waals surface area (Å²) in [6.45, 7) is 1.97. The zero-order chi connectivity index (χ0) is 18.7. The summed E-state index contributed by atoms with van der Waals surface area (Å²) in [6, 6.07) is 15.6. The molecule has 1 fully saturated rings. The van der Waals surface area contributed by atoms with E-state index in [-0.39, 0.29) is 5.97 Å². The molecule has 0 bridgehead atoms.